The molecule has 1 saturated carbocycles. The lowest BCUT2D eigenvalue weighted by atomic mass is 9.70. The molecule has 1 aliphatic carbocycles. The molecule has 1 unspecified atom stereocenters. The van der Waals surface area contributed by atoms with Crippen molar-refractivity contribution >= 4 is 11.7 Å². The molecule has 0 aromatic heterocycles. The normalized spacial score (nSPS) is 24.4. The van der Waals surface area contributed by atoms with Gasteiger partial charge in [-0.25, -0.2) is 0 Å². The molecular formula is C19H27NO3. The predicted molar refractivity (Wildman–Crippen MR) is 90.3 cm³/mol. The average molecular weight is 317 g/mol. The van der Waals surface area contributed by atoms with Crippen LogP contribution in [0, 0.1) is 23.7 Å². The van der Waals surface area contributed by atoms with Crippen LogP contribution < -0.4 is 5.32 Å². The van der Waals surface area contributed by atoms with E-state index in [0.717, 1.165) is 12.8 Å². The fourth-order valence-electron chi connectivity index (χ4n) is 3.61. The topological polar surface area (TPSA) is 66.4 Å². The standard InChI is InChI=1S/C19H27NO3/c1-12(2)14-9-8-13(3)10-16(14)19(23)20-11-18(22)15-6-4-5-7-17(15)21/h4-7,12-14,16,21H,8-11H2,1-3H3,(H,20,23)/t13?,14-,16+/m0/s1. The molecular weight excluding hydrogens is 290 g/mol. The van der Waals surface area contributed by atoms with Gasteiger partial charge in [-0.15, -0.1) is 0 Å². The summed E-state index contributed by atoms with van der Waals surface area (Å²) in [7, 11) is 0. The second kappa shape index (κ2) is 7.62. The van der Waals surface area contributed by atoms with Crippen LogP contribution in [0.3, 0.4) is 0 Å². The molecule has 0 saturated heterocycles. The van der Waals surface area contributed by atoms with Gasteiger partial charge in [-0.3, -0.25) is 9.59 Å². The van der Waals surface area contributed by atoms with E-state index in [0.29, 0.717) is 17.8 Å². The molecule has 0 aliphatic heterocycles. The predicted octanol–water partition coefficient (Wildman–Crippen LogP) is 3.40. The number of Topliss-reactive ketones (excluding diaryl/α,β-unsaturated/α-hetero) is 1. The van der Waals surface area contributed by atoms with E-state index >= 15 is 0 Å². The van der Waals surface area contributed by atoms with Crippen LogP contribution in [0.4, 0.5) is 0 Å². The Morgan fingerprint density at radius 3 is 2.61 bits per heavy atom. The molecule has 126 valence electrons. The van der Waals surface area contributed by atoms with Gasteiger partial charge in [-0.1, -0.05) is 39.3 Å². The van der Waals surface area contributed by atoms with E-state index in [4.69, 9.17) is 0 Å². The van der Waals surface area contributed by atoms with Crippen LogP contribution in [-0.4, -0.2) is 23.3 Å². The lowest BCUT2D eigenvalue weighted by molar-refractivity contribution is -0.129. The maximum Gasteiger partial charge on any atom is 0.223 e. The first kappa shape index (κ1) is 17.5. The third-order valence-electron chi connectivity index (χ3n) is 4.99. The fraction of sp³-hybridized carbons (Fsp3) is 0.579. The summed E-state index contributed by atoms with van der Waals surface area (Å²) >= 11 is 0. The number of benzene rings is 1. The first-order valence-corrected chi connectivity index (χ1v) is 8.49. The van der Waals surface area contributed by atoms with E-state index < -0.39 is 0 Å². The van der Waals surface area contributed by atoms with Crippen molar-refractivity contribution in [3.05, 3.63) is 29.8 Å². The van der Waals surface area contributed by atoms with Crippen LogP contribution in [-0.2, 0) is 4.79 Å². The SMILES string of the molecule is CC1CC[C@@H](C(C)C)[C@H](C(=O)NCC(=O)c2ccccc2O)C1. The molecule has 1 aromatic rings. The van der Waals surface area contributed by atoms with Crippen LogP contribution in [0.2, 0.25) is 0 Å². The highest BCUT2D eigenvalue weighted by Crippen LogP contribution is 2.38. The van der Waals surface area contributed by atoms with Crippen molar-refractivity contribution < 1.29 is 14.7 Å². The molecule has 0 spiro atoms. The molecule has 23 heavy (non-hydrogen) atoms. The Morgan fingerprint density at radius 2 is 1.96 bits per heavy atom. The van der Waals surface area contributed by atoms with Gasteiger partial charge in [0, 0.05) is 5.92 Å². The van der Waals surface area contributed by atoms with Crippen LogP contribution in [0.15, 0.2) is 24.3 Å². The summed E-state index contributed by atoms with van der Waals surface area (Å²) in [4.78, 5) is 24.7. The largest absolute Gasteiger partial charge is 0.507 e. The third kappa shape index (κ3) is 4.34. The number of phenolic OH excluding ortho intramolecular Hbond substituents is 1. The molecule has 1 fully saturated rings. The number of carbonyl (C=O) groups is 2. The quantitative estimate of drug-likeness (QED) is 0.818. The van der Waals surface area contributed by atoms with Crippen LogP contribution in [0.25, 0.3) is 0 Å². The van der Waals surface area contributed by atoms with Crippen molar-refractivity contribution in [3.8, 4) is 5.75 Å². The first-order valence-electron chi connectivity index (χ1n) is 8.49. The minimum atomic E-state index is -0.263. The van der Waals surface area contributed by atoms with Gasteiger partial charge in [0.15, 0.2) is 5.78 Å². The number of para-hydroxylation sites is 1. The fourth-order valence-corrected chi connectivity index (χ4v) is 3.61. The summed E-state index contributed by atoms with van der Waals surface area (Å²) in [5.74, 6) is 1.04. The molecule has 0 heterocycles. The van der Waals surface area contributed by atoms with Gasteiger partial charge < -0.3 is 10.4 Å². The molecule has 4 heteroatoms. The Labute approximate surface area is 138 Å². The van der Waals surface area contributed by atoms with Crippen molar-refractivity contribution in [2.45, 2.75) is 40.0 Å². The number of nitrogens with one attached hydrogen (secondary N) is 1. The summed E-state index contributed by atoms with van der Waals surface area (Å²) in [6.45, 7) is 6.44. The summed E-state index contributed by atoms with van der Waals surface area (Å²) in [5, 5.41) is 12.5. The third-order valence-corrected chi connectivity index (χ3v) is 4.99. The summed E-state index contributed by atoms with van der Waals surface area (Å²) in [6, 6.07) is 6.42. The monoisotopic (exact) mass is 317 g/mol. The van der Waals surface area contributed by atoms with Gasteiger partial charge in [0.25, 0.3) is 0 Å². The van der Waals surface area contributed by atoms with Crippen molar-refractivity contribution in [2.24, 2.45) is 23.7 Å². The van der Waals surface area contributed by atoms with E-state index in [1.54, 1.807) is 18.2 Å². The average Bonchev–Trinajstić information content (AvgIpc) is 2.52. The highest BCUT2D eigenvalue weighted by molar-refractivity contribution is 6.01. The number of phenols is 1. The van der Waals surface area contributed by atoms with Gasteiger partial charge >= 0.3 is 0 Å². The zero-order chi connectivity index (χ0) is 17.0. The number of carbonyl (C=O) groups excluding carboxylic acids is 2. The van der Waals surface area contributed by atoms with Gasteiger partial charge in [-0.2, -0.15) is 0 Å². The number of aromatic hydroxyl groups is 1. The molecule has 2 rings (SSSR count). The lowest BCUT2D eigenvalue weighted by Crippen LogP contribution is -2.41. The summed E-state index contributed by atoms with van der Waals surface area (Å²) < 4.78 is 0. The Bertz CT molecular complexity index is 567. The van der Waals surface area contributed by atoms with Crippen LogP contribution in [0.5, 0.6) is 5.75 Å². The maximum absolute atomic E-state index is 12.6. The van der Waals surface area contributed by atoms with Crippen molar-refractivity contribution in [3.63, 3.8) is 0 Å². The van der Waals surface area contributed by atoms with E-state index in [1.807, 2.05) is 0 Å². The minimum absolute atomic E-state index is 0.0177. The van der Waals surface area contributed by atoms with E-state index in [1.165, 1.54) is 12.5 Å². The van der Waals surface area contributed by atoms with Crippen LogP contribution >= 0.6 is 0 Å². The molecule has 4 nitrogen and oxygen atoms in total. The first-order chi connectivity index (χ1) is 10.9. The maximum atomic E-state index is 12.6. The Hall–Kier alpha value is -1.84. The van der Waals surface area contributed by atoms with Gasteiger partial charge in [0.05, 0.1) is 12.1 Å². The molecule has 2 N–H and O–H groups in total. The zero-order valence-corrected chi connectivity index (χ0v) is 14.2. The number of amides is 1. The van der Waals surface area contributed by atoms with E-state index in [9.17, 15) is 14.7 Å². The molecule has 0 bridgehead atoms. The Morgan fingerprint density at radius 1 is 1.26 bits per heavy atom. The molecule has 1 aliphatic rings. The van der Waals surface area contributed by atoms with Crippen molar-refractivity contribution in [1.82, 2.24) is 5.32 Å². The van der Waals surface area contributed by atoms with Crippen molar-refractivity contribution in [2.75, 3.05) is 6.54 Å². The lowest BCUT2D eigenvalue weighted by Gasteiger charge is -2.36. The number of hydrogen-bond acceptors (Lipinski definition) is 3. The number of rotatable bonds is 5. The summed E-state index contributed by atoms with van der Waals surface area (Å²) in [5.41, 5.74) is 0.255. The molecule has 3 atom stereocenters. The molecule has 1 amide bonds. The second-order valence-corrected chi connectivity index (χ2v) is 7.09. The summed E-state index contributed by atoms with van der Waals surface area (Å²) in [6.07, 6.45) is 3.13. The van der Waals surface area contributed by atoms with Gasteiger partial charge in [0.2, 0.25) is 5.91 Å². The highest BCUT2D eigenvalue weighted by Gasteiger charge is 2.35. The zero-order valence-electron chi connectivity index (χ0n) is 14.2. The smallest absolute Gasteiger partial charge is 0.223 e. The van der Waals surface area contributed by atoms with Crippen LogP contribution in [0.1, 0.15) is 50.4 Å². The van der Waals surface area contributed by atoms with Gasteiger partial charge in [-0.05, 0) is 42.7 Å². The van der Waals surface area contributed by atoms with Gasteiger partial charge in [0.1, 0.15) is 5.75 Å². The number of ketones is 1. The molecule has 0 radical (unpaired) electrons. The Balaban J connectivity index is 1.98. The van der Waals surface area contributed by atoms with Crippen molar-refractivity contribution in [1.29, 1.82) is 0 Å². The molecule has 1 aromatic carbocycles. The van der Waals surface area contributed by atoms with E-state index in [-0.39, 0.29) is 35.5 Å². The minimum Gasteiger partial charge on any atom is -0.507 e. The highest BCUT2D eigenvalue weighted by atomic mass is 16.3. The van der Waals surface area contributed by atoms with E-state index in [2.05, 4.69) is 26.1 Å². The number of hydrogen-bond donors (Lipinski definition) is 2. The second-order valence-electron chi connectivity index (χ2n) is 7.09. The Kier molecular flexibility index (Phi) is 5.80.